The summed E-state index contributed by atoms with van der Waals surface area (Å²) in [6, 6.07) is 0. The van der Waals surface area contributed by atoms with Crippen molar-refractivity contribution in [2.75, 3.05) is 5.32 Å². The molecule has 0 saturated carbocycles. The van der Waals surface area contributed by atoms with E-state index in [1.54, 1.807) is 11.7 Å². The summed E-state index contributed by atoms with van der Waals surface area (Å²) >= 11 is 1.41. The molecule has 2 aromatic heterocycles. The SMILES string of the molecule is O=c1[nH]cc(CNc2nncs2)[nH]1. The van der Waals surface area contributed by atoms with Crippen LogP contribution in [0, 0.1) is 0 Å². The number of imidazole rings is 1. The zero-order valence-electron chi connectivity index (χ0n) is 6.57. The average molecular weight is 197 g/mol. The smallest absolute Gasteiger partial charge is 0.323 e. The minimum atomic E-state index is -0.200. The fraction of sp³-hybridized carbons (Fsp3) is 0.167. The van der Waals surface area contributed by atoms with Crippen LogP contribution in [0.3, 0.4) is 0 Å². The van der Waals surface area contributed by atoms with Gasteiger partial charge < -0.3 is 15.3 Å². The fourth-order valence-corrected chi connectivity index (χ4v) is 1.33. The van der Waals surface area contributed by atoms with E-state index in [9.17, 15) is 4.79 Å². The van der Waals surface area contributed by atoms with Crippen LogP contribution in [0.25, 0.3) is 0 Å². The van der Waals surface area contributed by atoms with Crippen molar-refractivity contribution in [3.8, 4) is 0 Å². The lowest BCUT2D eigenvalue weighted by Gasteiger charge is -1.96. The normalized spacial score (nSPS) is 10.2. The van der Waals surface area contributed by atoms with Crippen molar-refractivity contribution < 1.29 is 0 Å². The van der Waals surface area contributed by atoms with E-state index in [2.05, 4.69) is 25.5 Å². The van der Waals surface area contributed by atoms with Crippen molar-refractivity contribution in [1.82, 2.24) is 20.2 Å². The van der Waals surface area contributed by atoms with Gasteiger partial charge >= 0.3 is 5.69 Å². The topological polar surface area (TPSA) is 86.5 Å². The maximum atomic E-state index is 10.7. The molecule has 6 nitrogen and oxygen atoms in total. The first-order valence-corrected chi connectivity index (χ1v) is 4.49. The summed E-state index contributed by atoms with van der Waals surface area (Å²) in [5.41, 5.74) is 2.23. The second kappa shape index (κ2) is 3.40. The molecule has 0 bridgehead atoms. The number of anilines is 1. The van der Waals surface area contributed by atoms with Crippen molar-refractivity contribution >= 4 is 16.5 Å². The van der Waals surface area contributed by atoms with Crippen LogP contribution in [-0.2, 0) is 6.54 Å². The predicted molar refractivity (Wildman–Crippen MR) is 48.6 cm³/mol. The average Bonchev–Trinajstić information content (AvgIpc) is 2.71. The Hall–Kier alpha value is -1.63. The molecule has 3 N–H and O–H groups in total. The highest BCUT2D eigenvalue weighted by Crippen LogP contribution is 2.08. The summed E-state index contributed by atoms with van der Waals surface area (Å²) in [7, 11) is 0. The van der Waals surface area contributed by atoms with E-state index in [4.69, 9.17) is 0 Å². The van der Waals surface area contributed by atoms with Crippen LogP contribution in [0.2, 0.25) is 0 Å². The first-order valence-electron chi connectivity index (χ1n) is 3.61. The lowest BCUT2D eigenvalue weighted by atomic mass is 10.5. The van der Waals surface area contributed by atoms with Gasteiger partial charge in [0.15, 0.2) is 0 Å². The summed E-state index contributed by atoms with van der Waals surface area (Å²) in [6.45, 7) is 0.536. The van der Waals surface area contributed by atoms with Crippen LogP contribution in [0.1, 0.15) is 5.69 Å². The Balaban J connectivity index is 1.97. The molecule has 0 amide bonds. The number of nitrogens with one attached hydrogen (secondary N) is 3. The molecular formula is C6H7N5OS. The van der Waals surface area contributed by atoms with E-state index < -0.39 is 0 Å². The number of hydrogen-bond donors (Lipinski definition) is 3. The zero-order valence-corrected chi connectivity index (χ0v) is 7.39. The number of aromatic nitrogens is 4. The summed E-state index contributed by atoms with van der Waals surface area (Å²) in [4.78, 5) is 15.8. The van der Waals surface area contributed by atoms with E-state index in [-0.39, 0.29) is 5.69 Å². The Kier molecular flexibility index (Phi) is 2.09. The first-order chi connectivity index (χ1) is 6.34. The minimum absolute atomic E-state index is 0.200. The molecule has 2 rings (SSSR count). The molecule has 68 valence electrons. The van der Waals surface area contributed by atoms with E-state index in [1.165, 1.54) is 11.3 Å². The fourth-order valence-electron chi connectivity index (χ4n) is 0.887. The molecule has 0 aliphatic heterocycles. The van der Waals surface area contributed by atoms with Crippen molar-refractivity contribution in [3.63, 3.8) is 0 Å². The largest absolute Gasteiger partial charge is 0.354 e. The predicted octanol–water partition coefficient (Wildman–Crippen LogP) is 0.167. The summed E-state index contributed by atoms with van der Waals surface area (Å²) in [6.07, 6.45) is 1.62. The Morgan fingerprint density at radius 1 is 1.62 bits per heavy atom. The van der Waals surface area contributed by atoms with Gasteiger partial charge in [-0.2, -0.15) is 0 Å². The van der Waals surface area contributed by atoms with Crippen LogP contribution in [-0.4, -0.2) is 20.2 Å². The van der Waals surface area contributed by atoms with Crippen molar-refractivity contribution in [2.24, 2.45) is 0 Å². The first kappa shape index (κ1) is 7.99. The molecule has 0 spiro atoms. The van der Waals surface area contributed by atoms with Crippen molar-refractivity contribution in [1.29, 1.82) is 0 Å². The third kappa shape index (κ3) is 1.94. The van der Waals surface area contributed by atoms with Crippen LogP contribution in [0.15, 0.2) is 16.5 Å². The molecule has 0 radical (unpaired) electrons. The number of nitrogens with zero attached hydrogens (tertiary/aromatic N) is 2. The Morgan fingerprint density at radius 3 is 3.15 bits per heavy atom. The van der Waals surface area contributed by atoms with Crippen LogP contribution in [0.4, 0.5) is 5.13 Å². The Bertz CT molecular complexity index is 416. The number of aromatic amines is 2. The van der Waals surface area contributed by atoms with Gasteiger partial charge in [-0.1, -0.05) is 11.3 Å². The van der Waals surface area contributed by atoms with Gasteiger partial charge in [0.25, 0.3) is 0 Å². The van der Waals surface area contributed by atoms with Crippen LogP contribution < -0.4 is 11.0 Å². The highest BCUT2D eigenvalue weighted by atomic mass is 32.1. The Morgan fingerprint density at radius 2 is 2.54 bits per heavy atom. The van der Waals surface area contributed by atoms with Gasteiger partial charge in [0.1, 0.15) is 5.51 Å². The molecule has 2 heterocycles. The second-order valence-electron chi connectivity index (χ2n) is 2.37. The number of rotatable bonds is 3. The third-order valence-corrected chi connectivity index (χ3v) is 2.09. The standard InChI is InChI=1S/C6H7N5OS/c12-5-7-1-4(10-5)2-8-6-11-9-3-13-6/h1,3H,2H2,(H,8,11)(H2,7,10,12). The number of hydrogen-bond acceptors (Lipinski definition) is 5. The molecule has 0 fully saturated rings. The monoisotopic (exact) mass is 197 g/mol. The lowest BCUT2D eigenvalue weighted by Crippen LogP contribution is -2.04. The van der Waals surface area contributed by atoms with Crippen LogP contribution >= 0.6 is 11.3 Å². The van der Waals surface area contributed by atoms with Crippen LogP contribution in [0.5, 0.6) is 0 Å². The molecule has 0 aliphatic carbocycles. The summed E-state index contributed by atoms with van der Waals surface area (Å²) in [5.74, 6) is 0. The van der Waals surface area contributed by atoms with E-state index in [0.29, 0.717) is 6.54 Å². The molecule has 2 aromatic rings. The highest BCUT2D eigenvalue weighted by molar-refractivity contribution is 7.13. The zero-order chi connectivity index (χ0) is 9.10. The third-order valence-electron chi connectivity index (χ3n) is 1.44. The maximum absolute atomic E-state index is 10.7. The van der Waals surface area contributed by atoms with E-state index >= 15 is 0 Å². The van der Waals surface area contributed by atoms with Gasteiger partial charge in [0, 0.05) is 6.20 Å². The molecule has 0 saturated heterocycles. The maximum Gasteiger partial charge on any atom is 0.323 e. The minimum Gasteiger partial charge on any atom is -0.354 e. The molecule has 0 unspecified atom stereocenters. The van der Waals surface area contributed by atoms with Gasteiger partial charge in [-0.15, -0.1) is 10.2 Å². The second-order valence-corrected chi connectivity index (χ2v) is 3.20. The molecule has 0 aromatic carbocycles. The summed E-state index contributed by atoms with van der Waals surface area (Å²) in [5, 5.41) is 11.2. The van der Waals surface area contributed by atoms with Gasteiger partial charge in [-0.25, -0.2) is 4.79 Å². The number of H-pyrrole nitrogens is 2. The van der Waals surface area contributed by atoms with Crippen molar-refractivity contribution in [3.05, 3.63) is 27.9 Å². The molecular weight excluding hydrogens is 190 g/mol. The van der Waals surface area contributed by atoms with Gasteiger partial charge in [0.2, 0.25) is 5.13 Å². The molecule has 13 heavy (non-hydrogen) atoms. The van der Waals surface area contributed by atoms with Gasteiger partial charge in [-0.3, -0.25) is 0 Å². The van der Waals surface area contributed by atoms with Gasteiger partial charge in [-0.05, 0) is 0 Å². The van der Waals surface area contributed by atoms with E-state index in [1.807, 2.05) is 0 Å². The highest BCUT2D eigenvalue weighted by Gasteiger charge is 1.97. The lowest BCUT2D eigenvalue weighted by molar-refractivity contribution is 1.02. The molecule has 0 aliphatic rings. The van der Waals surface area contributed by atoms with E-state index in [0.717, 1.165) is 10.8 Å². The Labute approximate surface area is 77.0 Å². The quantitative estimate of drug-likeness (QED) is 0.654. The van der Waals surface area contributed by atoms with Gasteiger partial charge in [0.05, 0.1) is 12.2 Å². The van der Waals surface area contributed by atoms with Crippen molar-refractivity contribution in [2.45, 2.75) is 6.54 Å². The summed E-state index contributed by atoms with van der Waals surface area (Å²) < 4.78 is 0. The molecule has 0 atom stereocenters. The molecule has 7 heteroatoms.